The summed E-state index contributed by atoms with van der Waals surface area (Å²) in [5, 5.41) is 0.147. The minimum atomic E-state index is -3.96. The van der Waals surface area contributed by atoms with Gasteiger partial charge in [0.25, 0.3) is 0 Å². The van der Waals surface area contributed by atoms with Gasteiger partial charge in [0, 0.05) is 6.04 Å². The zero-order valence-corrected chi connectivity index (χ0v) is 14.8. The van der Waals surface area contributed by atoms with Crippen LogP contribution in [0.4, 0.5) is 0 Å². The van der Waals surface area contributed by atoms with Crippen LogP contribution in [0, 0.1) is 12.3 Å². The van der Waals surface area contributed by atoms with Crippen molar-refractivity contribution in [3.8, 4) is 18.1 Å². The quantitative estimate of drug-likeness (QED) is 0.719. The van der Waals surface area contributed by atoms with Crippen molar-refractivity contribution in [2.75, 3.05) is 25.2 Å². The molecule has 1 atom stereocenters. The highest BCUT2D eigenvalue weighted by atomic mass is 35.5. The number of rotatable bonds is 5. The molecule has 126 valence electrons. The predicted molar refractivity (Wildman–Crippen MR) is 87.8 cm³/mol. The SMILES string of the molecule is C#CCN([C@H]1CCS(=O)(=O)C1)S(=O)(=O)c1ccc(OC)c(Cl)c1. The van der Waals surface area contributed by atoms with E-state index < -0.39 is 25.9 Å². The normalized spacial score (nSPS) is 20.3. The summed E-state index contributed by atoms with van der Waals surface area (Å²) in [6.45, 7) is -0.202. The van der Waals surface area contributed by atoms with Crippen molar-refractivity contribution in [2.24, 2.45) is 0 Å². The van der Waals surface area contributed by atoms with Crippen LogP contribution in [0.2, 0.25) is 5.02 Å². The Labute approximate surface area is 141 Å². The number of benzene rings is 1. The van der Waals surface area contributed by atoms with Gasteiger partial charge in [-0.3, -0.25) is 0 Å². The van der Waals surface area contributed by atoms with Gasteiger partial charge in [-0.2, -0.15) is 4.31 Å². The molecule has 0 radical (unpaired) electrons. The zero-order chi connectivity index (χ0) is 17.3. The molecule has 0 N–H and O–H groups in total. The summed E-state index contributed by atoms with van der Waals surface area (Å²) in [5.41, 5.74) is 0. The third-order valence-corrected chi connectivity index (χ3v) is 7.53. The van der Waals surface area contributed by atoms with E-state index in [4.69, 9.17) is 22.8 Å². The largest absolute Gasteiger partial charge is 0.495 e. The Kier molecular flexibility index (Phi) is 5.26. The highest BCUT2D eigenvalue weighted by Gasteiger charge is 2.38. The monoisotopic (exact) mass is 377 g/mol. The second kappa shape index (κ2) is 6.69. The average Bonchev–Trinajstić information content (AvgIpc) is 2.84. The highest BCUT2D eigenvalue weighted by molar-refractivity contribution is 7.92. The van der Waals surface area contributed by atoms with Crippen LogP contribution in [0.5, 0.6) is 5.75 Å². The van der Waals surface area contributed by atoms with Crippen molar-refractivity contribution in [3.05, 3.63) is 23.2 Å². The molecule has 6 nitrogen and oxygen atoms in total. The summed E-state index contributed by atoms with van der Waals surface area (Å²) in [7, 11) is -5.78. The van der Waals surface area contributed by atoms with Crippen LogP contribution in [-0.2, 0) is 19.9 Å². The Balaban J connectivity index is 2.42. The Hall–Kier alpha value is -1.27. The van der Waals surface area contributed by atoms with E-state index in [0.717, 1.165) is 4.31 Å². The minimum absolute atomic E-state index is 0.0440. The average molecular weight is 378 g/mol. The van der Waals surface area contributed by atoms with Gasteiger partial charge < -0.3 is 4.74 Å². The molecule has 1 aliphatic heterocycles. The fourth-order valence-electron chi connectivity index (χ4n) is 2.45. The molecular weight excluding hydrogens is 362 g/mol. The van der Waals surface area contributed by atoms with Gasteiger partial charge in [0.05, 0.1) is 35.1 Å². The van der Waals surface area contributed by atoms with Crippen molar-refractivity contribution >= 4 is 31.5 Å². The molecule has 1 aliphatic rings. The molecule has 0 spiro atoms. The van der Waals surface area contributed by atoms with Gasteiger partial charge in [0.2, 0.25) is 10.0 Å². The molecule has 1 saturated heterocycles. The summed E-state index contributed by atoms with van der Waals surface area (Å²) in [6.07, 6.45) is 5.49. The first-order valence-corrected chi connectivity index (χ1v) is 10.3. The number of hydrogen-bond acceptors (Lipinski definition) is 5. The van der Waals surface area contributed by atoms with E-state index in [0.29, 0.717) is 5.75 Å². The second-order valence-electron chi connectivity index (χ2n) is 5.11. The number of ether oxygens (including phenoxy) is 1. The van der Waals surface area contributed by atoms with Crippen molar-refractivity contribution < 1.29 is 21.6 Å². The van der Waals surface area contributed by atoms with Crippen LogP contribution in [0.25, 0.3) is 0 Å². The number of terminal acetylenes is 1. The van der Waals surface area contributed by atoms with E-state index in [2.05, 4.69) is 5.92 Å². The molecule has 0 aliphatic carbocycles. The summed E-state index contributed by atoms with van der Waals surface area (Å²) in [5.74, 6) is 2.36. The van der Waals surface area contributed by atoms with Crippen LogP contribution in [0.1, 0.15) is 6.42 Å². The first-order valence-electron chi connectivity index (χ1n) is 6.70. The van der Waals surface area contributed by atoms with Gasteiger partial charge in [-0.05, 0) is 24.6 Å². The number of methoxy groups -OCH3 is 1. The van der Waals surface area contributed by atoms with Crippen LogP contribution >= 0.6 is 11.6 Å². The summed E-state index contributed by atoms with van der Waals surface area (Å²) in [6, 6.07) is 3.40. The van der Waals surface area contributed by atoms with Crippen LogP contribution in [-0.4, -0.2) is 52.3 Å². The molecule has 0 saturated carbocycles. The lowest BCUT2D eigenvalue weighted by atomic mass is 10.3. The summed E-state index contributed by atoms with van der Waals surface area (Å²) >= 11 is 5.98. The highest BCUT2D eigenvalue weighted by Crippen LogP contribution is 2.30. The van der Waals surface area contributed by atoms with Crippen molar-refractivity contribution in [2.45, 2.75) is 17.4 Å². The number of nitrogens with zero attached hydrogens (tertiary/aromatic N) is 1. The Morgan fingerprint density at radius 1 is 1.48 bits per heavy atom. The summed E-state index contributed by atoms with van der Waals surface area (Å²) in [4.78, 5) is -0.0529. The molecular formula is C14H16ClNO5S2. The molecule has 0 unspecified atom stereocenters. The van der Waals surface area contributed by atoms with Crippen molar-refractivity contribution in [1.82, 2.24) is 4.31 Å². The first-order chi connectivity index (χ1) is 10.7. The van der Waals surface area contributed by atoms with Crippen molar-refractivity contribution in [3.63, 3.8) is 0 Å². The molecule has 2 rings (SSSR count). The number of sulfone groups is 1. The molecule has 23 heavy (non-hydrogen) atoms. The Morgan fingerprint density at radius 3 is 2.65 bits per heavy atom. The lowest BCUT2D eigenvalue weighted by Gasteiger charge is -2.25. The molecule has 0 bridgehead atoms. The fraction of sp³-hybridized carbons (Fsp3) is 0.429. The molecule has 1 fully saturated rings. The maximum Gasteiger partial charge on any atom is 0.244 e. The molecule has 1 aromatic carbocycles. The lowest BCUT2D eigenvalue weighted by Crippen LogP contribution is -2.41. The van der Waals surface area contributed by atoms with E-state index in [9.17, 15) is 16.8 Å². The molecule has 1 heterocycles. The first kappa shape index (κ1) is 18.1. The topological polar surface area (TPSA) is 80.8 Å². The van der Waals surface area contributed by atoms with Gasteiger partial charge in [-0.1, -0.05) is 17.5 Å². The Bertz CT molecular complexity index is 842. The lowest BCUT2D eigenvalue weighted by molar-refractivity contribution is 0.371. The third kappa shape index (κ3) is 3.80. The minimum Gasteiger partial charge on any atom is -0.495 e. The van der Waals surface area contributed by atoms with Gasteiger partial charge in [0.1, 0.15) is 5.75 Å². The van der Waals surface area contributed by atoms with Crippen LogP contribution < -0.4 is 4.74 Å². The number of halogens is 1. The van der Waals surface area contributed by atoms with Crippen LogP contribution in [0.3, 0.4) is 0 Å². The summed E-state index contributed by atoms with van der Waals surface area (Å²) < 4.78 is 54.9. The zero-order valence-electron chi connectivity index (χ0n) is 12.4. The predicted octanol–water partition coefficient (Wildman–Crippen LogP) is 1.16. The van der Waals surface area contributed by atoms with E-state index in [1.807, 2.05) is 0 Å². The van der Waals surface area contributed by atoms with Crippen molar-refractivity contribution in [1.29, 1.82) is 0 Å². The van der Waals surface area contributed by atoms with Gasteiger partial charge in [-0.25, -0.2) is 16.8 Å². The van der Waals surface area contributed by atoms with Gasteiger partial charge in [-0.15, -0.1) is 6.42 Å². The number of sulfonamides is 1. The van der Waals surface area contributed by atoms with Crippen LogP contribution in [0.15, 0.2) is 23.1 Å². The third-order valence-electron chi connectivity index (χ3n) is 3.59. The smallest absolute Gasteiger partial charge is 0.244 e. The standard InChI is InChI=1S/C14H16ClNO5S2/c1-3-7-16(11-6-8-22(17,18)10-11)23(19,20)12-4-5-14(21-2)13(15)9-12/h1,4-5,9,11H,6-8,10H2,2H3/t11-/m0/s1. The van der Waals surface area contributed by atoms with E-state index in [1.165, 1.54) is 25.3 Å². The molecule has 1 aromatic rings. The Morgan fingerprint density at radius 2 is 2.17 bits per heavy atom. The maximum absolute atomic E-state index is 12.8. The van der Waals surface area contributed by atoms with Gasteiger partial charge >= 0.3 is 0 Å². The molecule has 0 amide bonds. The van der Waals surface area contributed by atoms with E-state index >= 15 is 0 Å². The maximum atomic E-state index is 12.8. The molecule has 0 aromatic heterocycles. The van der Waals surface area contributed by atoms with E-state index in [1.54, 1.807) is 0 Å². The molecule has 9 heteroatoms. The fourth-order valence-corrected chi connectivity index (χ4v) is 6.19. The van der Waals surface area contributed by atoms with Gasteiger partial charge in [0.15, 0.2) is 9.84 Å². The second-order valence-corrected chi connectivity index (χ2v) is 9.63. The van der Waals surface area contributed by atoms with E-state index in [-0.39, 0.29) is 34.4 Å². The number of hydrogen-bond donors (Lipinski definition) is 0.